The highest BCUT2D eigenvalue weighted by Gasteiger charge is 2.30. The fourth-order valence-electron chi connectivity index (χ4n) is 2.14. The first-order chi connectivity index (χ1) is 9.84. The highest BCUT2D eigenvalue weighted by Crippen LogP contribution is 2.29. The molecule has 2 N–H and O–H groups in total. The molecule has 0 unspecified atom stereocenters. The first kappa shape index (κ1) is 15.3. The second-order valence-corrected chi connectivity index (χ2v) is 4.71. The van der Waals surface area contributed by atoms with E-state index in [1.807, 2.05) is 0 Å². The zero-order chi connectivity index (χ0) is 15.6. The first-order valence-electron chi connectivity index (χ1n) is 6.41. The third-order valence-electron chi connectivity index (χ3n) is 3.33. The molecule has 0 radical (unpaired) electrons. The Labute approximate surface area is 120 Å². The van der Waals surface area contributed by atoms with Crippen LogP contribution in [0.1, 0.15) is 27.3 Å². The van der Waals surface area contributed by atoms with Gasteiger partial charge in [0.25, 0.3) is 0 Å². The lowest BCUT2D eigenvalue weighted by molar-refractivity contribution is -0.137. The van der Waals surface area contributed by atoms with Gasteiger partial charge in [0.1, 0.15) is 0 Å². The van der Waals surface area contributed by atoms with Gasteiger partial charge in [-0.25, -0.2) is 0 Å². The molecule has 1 aromatic heterocycles. The molecule has 1 aromatic carbocycles. The molecule has 0 saturated carbocycles. The van der Waals surface area contributed by atoms with Crippen LogP contribution in [0.25, 0.3) is 0 Å². The fourth-order valence-corrected chi connectivity index (χ4v) is 2.14. The van der Waals surface area contributed by atoms with Gasteiger partial charge in [0.05, 0.1) is 11.3 Å². The molecule has 0 spiro atoms. The molecule has 0 atom stereocenters. The van der Waals surface area contributed by atoms with Crippen LogP contribution in [0.4, 0.5) is 13.2 Å². The van der Waals surface area contributed by atoms with Crippen LogP contribution in [0.15, 0.2) is 36.4 Å². The minimum Gasteiger partial charge on any atom is -0.345 e. The lowest BCUT2D eigenvalue weighted by Crippen LogP contribution is -2.12. The second kappa shape index (κ2) is 5.73. The number of nitrogens with two attached hydrogens (primary N) is 1. The summed E-state index contributed by atoms with van der Waals surface area (Å²) in [4.78, 5) is 12.3. The van der Waals surface area contributed by atoms with E-state index >= 15 is 0 Å². The molecular weight excluding hydrogens is 281 g/mol. The smallest absolute Gasteiger partial charge is 0.345 e. The number of aromatic nitrogens is 1. The molecular formula is C15H15F3N2O. The Morgan fingerprint density at radius 2 is 1.76 bits per heavy atom. The molecule has 112 valence electrons. The van der Waals surface area contributed by atoms with E-state index < -0.39 is 11.7 Å². The molecule has 21 heavy (non-hydrogen) atoms. The van der Waals surface area contributed by atoms with Crippen molar-refractivity contribution in [3.8, 4) is 0 Å². The van der Waals surface area contributed by atoms with Crippen molar-refractivity contribution in [2.75, 3.05) is 6.54 Å². The molecule has 0 saturated heterocycles. The number of benzene rings is 1. The van der Waals surface area contributed by atoms with Gasteiger partial charge < -0.3 is 10.3 Å². The molecule has 0 amide bonds. The third-order valence-corrected chi connectivity index (χ3v) is 3.33. The molecule has 0 aliphatic rings. The van der Waals surface area contributed by atoms with Crippen LogP contribution in [-0.2, 0) is 19.6 Å². The highest BCUT2D eigenvalue weighted by molar-refractivity contribution is 6.08. The monoisotopic (exact) mass is 296 g/mol. The second-order valence-electron chi connectivity index (χ2n) is 4.71. The number of alkyl halides is 3. The summed E-state index contributed by atoms with van der Waals surface area (Å²) in [6.45, 7) is 0.464. The van der Waals surface area contributed by atoms with Gasteiger partial charge in [-0.1, -0.05) is 12.1 Å². The highest BCUT2D eigenvalue weighted by atomic mass is 19.4. The number of halogens is 3. The van der Waals surface area contributed by atoms with Gasteiger partial charge >= 0.3 is 6.18 Å². The number of hydrogen-bond acceptors (Lipinski definition) is 2. The summed E-state index contributed by atoms with van der Waals surface area (Å²) in [5.74, 6) is -0.311. The number of ketones is 1. The molecule has 3 nitrogen and oxygen atoms in total. The molecule has 0 aliphatic carbocycles. The number of nitrogens with zero attached hydrogens (tertiary/aromatic N) is 1. The molecule has 0 fully saturated rings. The SMILES string of the molecule is Cn1c(CCN)ccc1C(=O)c1ccc(C(F)(F)F)cc1. The van der Waals surface area contributed by atoms with Gasteiger partial charge in [-0.05, 0) is 37.2 Å². The minimum absolute atomic E-state index is 0.225. The summed E-state index contributed by atoms with van der Waals surface area (Å²) >= 11 is 0. The number of hydrogen-bond donors (Lipinski definition) is 1. The van der Waals surface area contributed by atoms with Crippen molar-refractivity contribution in [3.05, 3.63) is 58.9 Å². The summed E-state index contributed by atoms with van der Waals surface area (Å²) in [5.41, 5.74) is 6.27. The van der Waals surface area contributed by atoms with Crippen molar-refractivity contribution < 1.29 is 18.0 Å². The predicted molar refractivity (Wildman–Crippen MR) is 73.0 cm³/mol. The van der Waals surface area contributed by atoms with Gasteiger partial charge in [-0.2, -0.15) is 13.2 Å². The predicted octanol–water partition coefficient (Wildman–Crippen LogP) is 2.78. The fraction of sp³-hybridized carbons (Fsp3) is 0.267. The van der Waals surface area contributed by atoms with Crippen molar-refractivity contribution in [1.82, 2.24) is 4.57 Å². The number of carbonyl (C=O) groups is 1. The van der Waals surface area contributed by atoms with E-state index in [2.05, 4.69) is 0 Å². The summed E-state index contributed by atoms with van der Waals surface area (Å²) in [5, 5.41) is 0. The summed E-state index contributed by atoms with van der Waals surface area (Å²) in [7, 11) is 1.74. The van der Waals surface area contributed by atoms with Gasteiger partial charge in [0.15, 0.2) is 0 Å². The van der Waals surface area contributed by atoms with Crippen LogP contribution in [0.3, 0.4) is 0 Å². The van der Waals surface area contributed by atoms with Gasteiger partial charge in [-0.15, -0.1) is 0 Å². The van der Waals surface area contributed by atoms with E-state index in [4.69, 9.17) is 5.73 Å². The zero-order valence-corrected chi connectivity index (χ0v) is 11.4. The van der Waals surface area contributed by atoms with Crippen LogP contribution in [0.5, 0.6) is 0 Å². The van der Waals surface area contributed by atoms with Crippen LogP contribution in [0, 0.1) is 0 Å². The van der Waals surface area contributed by atoms with Crippen LogP contribution < -0.4 is 5.73 Å². The summed E-state index contributed by atoms with van der Waals surface area (Å²) in [6, 6.07) is 7.67. The lowest BCUT2D eigenvalue weighted by atomic mass is 10.1. The lowest BCUT2D eigenvalue weighted by Gasteiger charge is -2.09. The van der Waals surface area contributed by atoms with E-state index in [0.29, 0.717) is 18.7 Å². The largest absolute Gasteiger partial charge is 0.416 e. The average molecular weight is 296 g/mol. The Morgan fingerprint density at radius 1 is 1.14 bits per heavy atom. The Kier molecular flexibility index (Phi) is 4.18. The normalized spacial score (nSPS) is 11.7. The Hall–Kier alpha value is -2.08. The molecule has 0 aliphatic heterocycles. The molecule has 2 rings (SSSR count). The maximum atomic E-state index is 12.5. The molecule has 2 aromatic rings. The Balaban J connectivity index is 2.28. The Morgan fingerprint density at radius 3 is 2.29 bits per heavy atom. The van der Waals surface area contributed by atoms with E-state index in [0.717, 1.165) is 17.8 Å². The van der Waals surface area contributed by atoms with E-state index in [1.54, 1.807) is 23.7 Å². The molecule has 0 bridgehead atoms. The minimum atomic E-state index is -4.40. The van der Waals surface area contributed by atoms with E-state index in [9.17, 15) is 18.0 Å². The topological polar surface area (TPSA) is 48.0 Å². The van der Waals surface area contributed by atoms with Crippen LogP contribution in [0.2, 0.25) is 0 Å². The summed E-state index contributed by atoms with van der Waals surface area (Å²) in [6.07, 6.45) is -3.77. The number of rotatable bonds is 4. The van der Waals surface area contributed by atoms with Gasteiger partial charge in [0, 0.05) is 18.3 Å². The van der Waals surface area contributed by atoms with Gasteiger partial charge in [0.2, 0.25) is 5.78 Å². The van der Waals surface area contributed by atoms with E-state index in [1.165, 1.54) is 12.1 Å². The van der Waals surface area contributed by atoms with Crippen molar-refractivity contribution >= 4 is 5.78 Å². The van der Waals surface area contributed by atoms with Gasteiger partial charge in [-0.3, -0.25) is 4.79 Å². The third kappa shape index (κ3) is 3.16. The Bertz CT molecular complexity index is 642. The quantitative estimate of drug-likeness (QED) is 0.882. The van der Waals surface area contributed by atoms with Crippen LogP contribution >= 0.6 is 0 Å². The summed E-state index contributed by atoms with van der Waals surface area (Å²) < 4.78 is 39.2. The van der Waals surface area contributed by atoms with Crippen molar-refractivity contribution in [2.45, 2.75) is 12.6 Å². The maximum absolute atomic E-state index is 12.5. The first-order valence-corrected chi connectivity index (χ1v) is 6.41. The van der Waals surface area contributed by atoms with Crippen LogP contribution in [-0.4, -0.2) is 16.9 Å². The van der Waals surface area contributed by atoms with Crippen molar-refractivity contribution in [3.63, 3.8) is 0 Å². The molecule has 6 heteroatoms. The van der Waals surface area contributed by atoms with Crippen molar-refractivity contribution in [2.24, 2.45) is 12.8 Å². The van der Waals surface area contributed by atoms with Crippen molar-refractivity contribution in [1.29, 1.82) is 0 Å². The zero-order valence-electron chi connectivity index (χ0n) is 11.4. The standard InChI is InChI=1S/C15H15F3N2O/c1-20-12(8-9-19)6-7-13(20)14(21)10-2-4-11(5-3-10)15(16,17)18/h2-7H,8-9,19H2,1H3. The molecule has 1 heterocycles. The maximum Gasteiger partial charge on any atom is 0.416 e. The average Bonchev–Trinajstić information content (AvgIpc) is 2.79. The number of carbonyl (C=O) groups excluding carboxylic acids is 1. The van der Waals surface area contributed by atoms with E-state index in [-0.39, 0.29) is 11.3 Å².